The van der Waals surface area contributed by atoms with Crippen LogP contribution in [0.5, 0.6) is 0 Å². The van der Waals surface area contributed by atoms with Gasteiger partial charge in [0.1, 0.15) is 6.07 Å². The molecule has 0 radical (unpaired) electrons. The number of halogens is 1. The molecule has 1 fully saturated rings. The summed E-state index contributed by atoms with van der Waals surface area (Å²) in [6.07, 6.45) is 0.713. The first-order chi connectivity index (χ1) is 8.63. The van der Waals surface area contributed by atoms with Crippen molar-refractivity contribution in [2.45, 2.75) is 19.1 Å². The van der Waals surface area contributed by atoms with E-state index in [9.17, 15) is 0 Å². The van der Waals surface area contributed by atoms with Crippen LogP contribution in [0.4, 0.5) is 5.69 Å². The summed E-state index contributed by atoms with van der Waals surface area (Å²) in [6, 6.07) is 7.28. The van der Waals surface area contributed by atoms with Gasteiger partial charge in [-0.05, 0) is 25.1 Å². The van der Waals surface area contributed by atoms with Crippen molar-refractivity contribution in [2.75, 3.05) is 25.1 Å². The summed E-state index contributed by atoms with van der Waals surface area (Å²) in [6.45, 7) is 3.85. The molecule has 1 heterocycles. The third-order valence-electron chi connectivity index (χ3n) is 2.89. The number of ether oxygens (including phenoxy) is 2. The van der Waals surface area contributed by atoms with Crippen molar-refractivity contribution in [2.24, 2.45) is 0 Å². The normalized spacial score (nSPS) is 17.4. The van der Waals surface area contributed by atoms with Gasteiger partial charge in [-0.3, -0.25) is 0 Å². The van der Waals surface area contributed by atoms with Crippen LogP contribution in [0.2, 0.25) is 5.02 Å². The Kier molecular flexibility index (Phi) is 4.07. The monoisotopic (exact) mass is 266 g/mol. The number of nitrogens with one attached hydrogen (secondary N) is 1. The molecule has 1 saturated heterocycles. The molecule has 0 aliphatic carbocycles. The van der Waals surface area contributed by atoms with E-state index in [2.05, 4.69) is 11.4 Å². The SMILES string of the molecule is CC1(CCNc2cc(Cl)ccc2C#N)OCCO1. The van der Waals surface area contributed by atoms with Crippen LogP contribution < -0.4 is 5.32 Å². The van der Waals surface area contributed by atoms with E-state index < -0.39 is 5.79 Å². The van der Waals surface area contributed by atoms with Crippen LogP contribution in [0.3, 0.4) is 0 Å². The van der Waals surface area contributed by atoms with Crippen LogP contribution in [0, 0.1) is 11.3 Å². The summed E-state index contributed by atoms with van der Waals surface area (Å²) in [7, 11) is 0. The number of hydrogen-bond acceptors (Lipinski definition) is 4. The van der Waals surface area contributed by atoms with Crippen LogP contribution in [-0.4, -0.2) is 25.5 Å². The highest BCUT2D eigenvalue weighted by atomic mass is 35.5. The third kappa shape index (κ3) is 3.14. The summed E-state index contributed by atoms with van der Waals surface area (Å²) >= 11 is 5.91. The Balaban J connectivity index is 1.94. The Bertz CT molecular complexity index is 465. The molecule has 0 saturated carbocycles. The van der Waals surface area contributed by atoms with Crippen molar-refractivity contribution in [3.8, 4) is 6.07 Å². The number of nitriles is 1. The Morgan fingerprint density at radius 3 is 2.83 bits per heavy atom. The number of nitrogens with zero attached hydrogens (tertiary/aromatic N) is 1. The number of rotatable bonds is 4. The van der Waals surface area contributed by atoms with Gasteiger partial charge in [0.15, 0.2) is 5.79 Å². The predicted octanol–water partition coefficient (Wildman–Crippen LogP) is 2.78. The van der Waals surface area contributed by atoms with Crippen molar-refractivity contribution >= 4 is 17.3 Å². The quantitative estimate of drug-likeness (QED) is 0.910. The minimum absolute atomic E-state index is 0.515. The fraction of sp³-hybridized carbons (Fsp3) is 0.462. The Morgan fingerprint density at radius 2 is 2.17 bits per heavy atom. The Labute approximate surface area is 111 Å². The molecular formula is C13H15ClN2O2. The van der Waals surface area contributed by atoms with Crippen molar-refractivity contribution in [1.29, 1.82) is 5.26 Å². The van der Waals surface area contributed by atoms with E-state index in [1.54, 1.807) is 18.2 Å². The van der Waals surface area contributed by atoms with E-state index in [4.69, 9.17) is 26.3 Å². The lowest BCUT2D eigenvalue weighted by Gasteiger charge is -2.22. The number of anilines is 1. The average molecular weight is 267 g/mol. The van der Waals surface area contributed by atoms with Gasteiger partial charge in [-0.2, -0.15) is 5.26 Å². The van der Waals surface area contributed by atoms with Crippen molar-refractivity contribution in [3.05, 3.63) is 28.8 Å². The zero-order valence-corrected chi connectivity index (χ0v) is 11.0. The topological polar surface area (TPSA) is 54.3 Å². The predicted molar refractivity (Wildman–Crippen MR) is 69.6 cm³/mol. The lowest BCUT2D eigenvalue weighted by molar-refractivity contribution is -0.144. The highest BCUT2D eigenvalue weighted by Gasteiger charge is 2.30. The molecule has 0 amide bonds. The summed E-state index contributed by atoms with van der Waals surface area (Å²) in [4.78, 5) is 0. The summed E-state index contributed by atoms with van der Waals surface area (Å²) < 4.78 is 11.0. The maximum absolute atomic E-state index is 8.99. The summed E-state index contributed by atoms with van der Waals surface area (Å²) in [5.74, 6) is -0.515. The maximum Gasteiger partial charge on any atom is 0.167 e. The van der Waals surface area contributed by atoms with Crippen molar-refractivity contribution in [3.63, 3.8) is 0 Å². The second-order valence-corrected chi connectivity index (χ2v) is 4.75. The van der Waals surface area contributed by atoms with Gasteiger partial charge in [0.05, 0.1) is 24.5 Å². The van der Waals surface area contributed by atoms with Crippen molar-refractivity contribution < 1.29 is 9.47 Å². The first kappa shape index (κ1) is 13.2. The summed E-state index contributed by atoms with van der Waals surface area (Å²) in [5.41, 5.74) is 1.32. The zero-order valence-electron chi connectivity index (χ0n) is 10.2. The van der Waals surface area contributed by atoms with Crippen LogP contribution in [-0.2, 0) is 9.47 Å². The second kappa shape index (κ2) is 5.57. The zero-order chi connectivity index (χ0) is 13.0. The molecule has 1 aromatic rings. The van der Waals surface area contributed by atoms with E-state index in [1.807, 2.05) is 6.92 Å². The van der Waals surface area contributed by atoms with E-state index in [0.717, 1.165) is 5.69 Å². The molecule has 0 spiro atoms. The fourth-order valence-corrected chi connectivity index (χ4v) is 2.06. The molecule has 0 bridgehead atoms. The molecule has 1 N–H and O–H groups in total. The smallest absolute Gasteiger partial charge is 0.167 e. The fourth-order valence-electron chi connectivity index (χ4n) is 1.89. The first-order valence-electron chi connectivity index (χ1n) is 5.84. The Hall–Kier alpha value is -1.28. The van der Waals surface area contributed by atoms with Gasteiger partial charge >= 0.3 is 0 Å². The van der Waals surface area contributed by atoms with E-state index in [1.165, 1.54) is 0 Å². The van der Waals surface area contributed by atoms with Gasteiger partial charge in [0.2, 0.25) is 0 Å². The minimum atomic E-state index is -0.515. The van der Waals surface area contributed by atoms with Crippen LogP contribution in [0.15, 0.2) is 18.2 Å². The van der Waals surface area contributed by atoms with Gasteiger partial charge < -0.3 is 14.8 Å². The van der Waals surface area contributed by atoms with Crippen LogP contribution >= 0.6 is 11.6 Å². The van der Waals surface area contributed by atoms with Gasteiger partial charge in [-0.25, -0.2) is 0 Å². The third-order valence-corrected chi connectivity index (χ3v) is 3.13. The van der Waals surface area contributed by atoms with Gasteiger partial charge in [0, 0.05) is 18.0 Å². The van der Waals surface area contributed by atoms with E-state index >= 15 is 0 Å². The highest BCUT2D eigenvalue weighted by molar-refractivity contribution is 6.30. The molecule has 0 unspecified atom stereocenters. The second-order valence-electron chi connectivity index (χ2n) is 4.31. The number of benzene rings is 1. The lowest BCUT2D eigenvalue weighted by atomic mass is 10.1. The summed E-state index contributed by atoms with van der Waals surface area (Å²) in [5, 5.41) is 12.8. The van der Waals surface area contributed by atoms with Gasteiger partial charge in [-0.1, -0.05) is 11.6 Å². The average Bonchev–Trinajstić information content (AvgIpc) is 2.77. The molecule has 2 rings (SSSR count). The molecule has 0 atom stereocenters. The molecule has 0 aromatic heterocycles. The molecule has 1 aliphatic heterocycles. The van der Waals surface area contributed by atoms with Crippen LogP contribution in [0.1, 0.15) is 18.9 Å². The molecule has 4 nitrogen and oxygen atoms in total. The first-order valence-corrected chi connectivity index (χ1v) is 6.22. The standard InChI is InChI=1S/C13H15ClN2O2/c1-13(17-6-7-18-13)4-5-16-12-8-11(14)3-2-10(12)9-15/h2-3,8,16H,4-7H2,1H3. The highest BCUT2D eigenvalue weighted by Crippen LogP contribution is 2.24. The maximum atomic E-state index is 8.99. The molecule has 18 heavy (non-hydrogen) atoms. The molecule has 1 aromatic carbocycles. The number of hydrogen-bond donors (Lipinski definition) is 1. The lowest BCUT2D eigenvalue weighted by Crippen LogP contribution is -2.28. The van der Waals surface area contributed by atoms with Crippen LogP contribution in [0.25, 0.3) is 0 Å². The largest absolute Gasteiger partial charge is 0.384 e. The molecule has 96 valence electrons. The minimum Gasteiger partial charge on any atom is -0.384 e. The van der Waals surface area contributed by atoms with Gasteiger partial charge in [-0.15, -0.1) is 0 Å². The van der Waals surface area contributed by atoms with E-state index in [-0.39, 0.29) is 0 Å². The van der Waals surface area contributed by atoms with E-state index in [0.29, 0.717) is 36.8 Å². The van der Waals surface area contributed by atoms with Gasteiger partial charge in [0.25, 0.3) is 0 Å². The molecule has 1 aliphatic rings. The molecular weight excluding hydrogens is 252 g/mol. The van der Waals surface area contributed by atoms with Crippen molar-refractivity contribution in [1.82, 2.24) is 0 Å². The Morgan fingerprint density at radius 1 is 1.44 bits per heavy atom. The molecule has 5 heteroatoms.